The van der Waals surface area contributed by atoms with Gasteiger partial charge in [0, 0.05) is 5.56 Å². The zero-order valence-corrected chi connectivity index (χ0v) is 16.7. The predicted molar refractivity (Wildman–Crippen MR) is 104 cm³/mol. The van der Waals surface area contributed by atoms with Crippen molar-refractivity contribution in [3.05, 3.63) is 53.4 Å². The minimum Gasteiger partial charge on any atom is -0.493 e. The van der Waals surface area contributed by atoms with Crippen LogP contribution in [-0.2, 0) is 22.6 Å². The number of methoxy groups -OCH3 is 3. The van der Waals surface area contributed by atoms with Crippen LogP contribution in [0.25, 0.3) is 11.5 Å². The molecule has 0 saturated carbocycles. The van der Waals surface area contributed by atoms with Crippen LogP contribution in [0.4, 0.5) is 0 Å². The summed E-state index contributed by atoms with van der Waals surface area (Å²) in [4.78, 5) is 12.2. The average Bonchev–Trinajstić information content (AvgIpc) is 3.20. The third-order valence-corrected chi connectivity index (χ3v) is 4.16. The molecule has 0 amide bonds. The smallest absolute Gasteiger partial charge is 0.310 e. The summed E-state index contributed by atoms with van der Waals surface area (Å²) < 4.78 is 26.7. The van der Waals surface area contributed by atoms with E-state index in [-0.39, 0.29) is 18.9 Å². The molecule has 0 aliphatic heterocycles. The van der Waals surface area contributed by atoms with Crippen LogP contribution in [0.5, 0.6) is 17.2 Å². The molecule has 0 N–H and O–H groups in total. The van der Waals surface area contributed by atoms with Crippen molar-refractivity contribution in [1.82, 2.24) is 10.2 Å². The van der Waals surface area contributed by atoms with Gasteiger partial charge in [-0.1, -0.05) is 17.7 Å². The van der Waals surface area contributed by atoms with Crippen LogP contribution in [0.15, 0.2) is 40.8 Å². The molecule has 1 aromatic heterocycles. The molecule has 3 rings (SSSR count). The van der Waals surface area contributed by atoms with E-state index in [9.17, 15) is 4.79 Å². The number of carbonyl (C=O) groups excluding carboxylic acids is 1. The fourth-order valence-corrected chi connectivity index (χ4v) is 2.80. The van der Waals surface area contributed by atoms with Crippen LogP contribution >= 0.6 is 0 Å². The maximum absolute atomic E-state index is 12.2. The molecule has 0 aliphatic rings. The number of rotatable bonds is 8. The second kappa shape index (κ2) is 9.09. The van der Waals surface area contributed by atoms with Gasteiger partial charge in [-0.05, 0) is 36.8 Å². The summed E-state index contributed by atoms with van der Waals surface area (Å²) >= 11 is 0. The first-order valence-electron chi connectivity index (χ1n) is 8.88. The Bertz CT molecular complexity index is 973. The summed E-state index contributed by atoms with van der Waals surface area (Å²) in [5.74, 6) is 1.55. The topological polar surface area (TPSA) is 92.9 Å². The van der Waals surface area contributed by atoms with Gasteiger partial charge in [-0.2, -0.15) is 0 Å². The fourth-order valence-electron chi connectivity index (χ4n) is 2.80. The molecule has 152 valence electrons. The minimum atomic E-state index is -0.449. The first kappa shape index (κ1) is 20.2. The molecule has 0 radical (unpaired) electrons. The summed E-state index contributed by atoms with van der Waals surface area (Å²) in [6.45, 7) is 1.87. The standard InChI is InChI=1S/C21H22N2O6/c1-13-6-5-7-15(8-13)21-23-22-18(29-21)12-28-19(24)11-14-9-16(25-2)20(27-4)17(10-14)26-3/h5-10H,11-12H2,1-4H3. The summed E-state index contributed by atoms with van der Waals surface area (Å²) in [5, 5.41) is 7.93. The van der Waals surface area contributed by atoms with Crippen molar-refractivity contribution in [2.24, 2.45) is 0 Å². The SMILES string of the molecule is COc1cc(CC(=O)OCc2nnc(-c3cccc(C)c3)o2)cc(OC)c1OC. The van der Waals surface area contributed by atoms with Gasteiger partial charge in [-0.3, -0.25) is 4.79 Å². The van der Waals surface area contributed by atoms with Gasteiger partial charge < -0.3 is 23.4 Å². The summed E-state index contributed by atoms with van der Waals surface area (Å²) in [7, 11) is 4.55. The molecule has 0 atom stereocenters. The van der Waals surface area contributed by atoms with Gasteiger partial charge in [-0.25, -0.2) is 0 Å². The van der Waals surface area contributed by atoms with Gasteiger partial charge >= 0.3 is 5.97 Å². The lowest BCUT2D eigenvalue weighted by Crippen LogP contribution is -2.09. The van der Waals surface area contributed by atoms with E-state index in [1.54, 1.807) is 12.1 Å². The van der Waals surface area contributed by atoms with Gasteiger partial charge in [0.15, 0.2) is 18.1 Å². The highest BCUT2D eigenvalue weighted by molar-refractivity contribution is 5.73. The first-order chi connectivity index (χ1) is 14.0. The molecule has 0 saturated heterocycles. The number of ether oxygens (including phenoxy) is 4. The van der Waals surface area contributed by atoms with Crippen molar-refractivity contribution in [1.29, 1.82) is 0 Å². The predicted octanol–water partition coefficient (Wildman–Crippen LogP) is 3.36. The Kier molecular flexibility index (Phi) is 6.33. The van der Waals surface area contributed by atoms with E-state index in [4.69, 9.17) is 23.4 Å². The largest absolute Gasteiger partial charge is 0.493 e. The Labute approximate surface area is 168 Å². The van der Waals surface area contributed by atoms with Gasteiger partial charge in [0.05, 0.1) is 27.8 Å². The summed E-state index contributed by atoms with van der Waals surface area (Å²) in [6, 6.07) is 11.1. The number of hydrogen-bond donors (Lipinski definition) is 0. The van der Waals surface area contributed by atoms with Crippen LogP contribution in [0.3, 0.4) is 0 Å². The number of carbonyl (C=O) groups is 1. The first-order valence-corrected chi connectivity index (χ1v) is 8.88. The Morgan fingerprint density at radius 1 is 1.00 bits per heavy atom. The second-order valence-electron chi connectivity index (χ2n) is 6.24. The number of esters is 1. The van der Waals surface area contributed by atoms with Gasteiger partial charge in [-0.15, -0.1) is 10.2 Å². The monoisotopic (exact) mass is 398 g/mol. The third-order valence-electron chi connectivity index (χ3n) is 4.16. The van der Waals surface area contributed by atoms with Gasteiger partial charge in [0.1, 0.15) is 0 Å². The molecule has 8 heteroatoms. The van der Waals surface area contributed by atoms with Crippen molar-refractivity contribution < 1.29 is 28.2 Å². The lowest BCUT2D eigenvalue weighted by Gasteiger charge is -2.13. The molecule has 29 heavy (non-hydrogen) atoms. The van der Waals surface area contributed by atoms with E-state index in [1.165, 1.54) is 21.3 Å². The Morgan fingerprint density at radius 3 is 2.34 bits per heavy atom. The molecular weight excluding hydrogens is 376 g/mol. The molecule has 0 fully saturated rings. The van der Waals surface area contributed by atoms with Crippen LogP contribution in [0.2, 0.25) is 0 Å². The minimum absolute atomic E-state index is 0.0234. The van der Waals surface area contributed by atoms with E-state index < -0.39 is 5.97 Å². The highest BCUT2D eigenvalue weighted by Crippen LogP contribution is 2.38. The summed E-state index contributed by atoms with van der Waals surface area (Å²) in [6.07, 6.45) is 0.0234. The van der Waals surface area contributed by atoms with Gasteiger partial charge in [0.2, 0.25) is 11.6 Å². The van der Waals surface area contributed by atoms with Crippen molar-refractivity contribution in [3.8, 4) is 28.7 Å². The maximum Gasteiger partial charge on any atom is 0.310 e. The molecule has 0 spiro atoms. The van der Waals surface area contributed by atoms with Crippen molar-refractivity contribution in [3.63, 3.8) is 0 Å². The molecule has 2 aromatic carbocycles. The third kappa shape index (κ3) is 4.84. The average molecular weight is 398 g/mol. The lowest BCUT2D eigenvalue weighted by molar-refractivity contribution is -0.144. The number of aryl methyl sites for hydroxylation is 1. The number of hydrogen-bond acceptors (Lipinski definition) is 8. The van der Waals surface area contributed by atoms with Crippen molar-refractivity contribution in [2.75, 3.05) is 21.3 Å². The molecular formula is C21H22N2O6. The highest BCUT2D eigenvalue weighted by Gasteiger charge is 2.16. The molecule has 3 aromatic rings. The lowest BCUT2D eigenvalue weighted by atomic mass is 10.1. The van der Waals surface area contributed by atoms with Crippen LogP contribution in [0, 0.1) is 6.92 Å². The zero-order valence-electron chi connectivity index (χ0n) is 16.7. The molecule has 0 aliphatic carbocycles. The quantitative estimate of drug-likeness (QED) is 0.533. The molecule has 0 unspecified atom stereocenters. The van der Waals surface area contributed by atoms with Crippen LogP contribution < -0.4 is 14.2 Å². The Hall–Kier alpha value is -3.55. The highest BCUT2D eigenvalue weighted by atomic mass is 16.5. The number of benzene rings is 2. The molecule has 1 heterocycles. The molecule has 8 nitrogen and oxygen atoms in total. The number of nitrogens with zero attached hydrogens (tertiary/aromatic N) is 2. The number of aromatic nitrogens is 2. The second-order valence-corrected chi connectivity index (χ2v) is 6.24. The van der Waals surface area contributed by atoms with Crippen LogP contribution in [-0.4, -0.2) is 37.5 Å². The summed E-state index contributed by atoms with van der Waals surface area (Å²) in [5.41, 5.74) is 2.56. The van der Waals surface area contributed by atoms with E-state index in [0.717, 1.165) is 11.1 Å². The van der Waals surface area contributed by atoms with Crippen molar-refractivity contribution in [2.45, 2.75) is 20.0 Å². The fraction of sp³-hybridized carbons (Fsp3) is 0.286. The maximum atomic E-state index is 12.2. The Balaban J connectivity index is 1.63. The van der Waals surface area contributed by atoms with E-state index in [2.05, 4.69) is 10.2 Å². The van der Waals surface area contributed by atoms with Gasteiger partial charge in [0.25, 0.3) is 5.89 Å². The van der Waals surface area contributed by atoms with Crippen molar-refractivity contribution >= 4 is 5.97 Å². The van der Waals surface area contributed by atoms with E-state index in [0.29, 0.717) is 28.7 Å². The zero-order chi connectivity index (χ0) is 20.8. The molecule has 0 bridgehead atoms. The normalized spacial score (nSPS) is 10.5. The van der Waals surface area contributed by atoms with Crippen LogP contribution in [0.1, 0.15) is 17.0 Å². The Morgan fingerprint density at radius 2 is 1.72 bits per heavy atom. The van der Waals surface area contributed by atoms with E-state index >= 15 is 0 Å². The van der Waals surface area contributed by atoms with E-state index in [1.807, 2.05) is 31.2 Å².